The van der Waals surface area contributed by atoms with Crippen LogP contribution in [0.4, 0.5) is 5.13 Å². The van der Waals surface area contributed by atoms with E-state index in [-0.39, 0.29) is 0 Å². The lowest BCUT2D eigenvalue weighted by atomic mass is 10.00. The summed E-state index contributed by atoms with van der Waals surface area (Å²) in [5, 5.41) is 8.89. The van der Waals surface area contributed by atoms with Crippen LogP contribution in [0.3, 0.4) is 0 Å². The summed E-state index contributed by atoms with van der Waals surface area (Å²) >= 11 is 1.60. The highest BCUT2D eigenvalue weighted by atomic mass is 32.1. The predicted octanol–water partition coefficient (Wildman–Crippen LogP) is 1.97. The van der Waals surface area contributed by atoms with E-state index in [4.69, 9.17) is 0 Å². The number of nitrogens with zero attached hydrogens (tertiary/aromatic N) is 5. The Kier molecular flexibility index (Phi) is 2.73. The lowest BCUT2D eigenvalue weighted by Gasteiger charge is -2.23. The Morgan fingerprint density at radius 1 is 1.50 bits per heavy atom. The summed E-state index contributed by atoms with van der Waals surface area (Å²) in [5.41, 5.74) is 1.01. The van der Waals surface area contributed by atoms with Crippen LogP contribution in [0.25, 0.3) is 4.96 Å². The molecule has 1 aliphatic rings. The van der Waals surface area contributed by atoms with Gasteiger partial charge in [-0.1, -0.05) is 11.3 Å². The summed E-state index contributed by atoms with van der Waals surface area (Å²) < 4.78 is 4.10. The largest absolute Gasteiger partial charge is 0.360 e. The van der Waals surface area contributed by atoms with Gasteiger partial charge in [0.25, 0.3) is 0 Å². The van der Waals surface area contributed by atoms with Crippen LogP contribution in [0.2, 0.25) is 0 Å². The van der Waals surface area contributed by atoms with Crippen LogP contribution in [0.15, 0.2) is 18.6 Å². The number of aromatic nitrogens is 5. The van der Waals surface area contributed by atoms with E-state index in [1.54, 1.807) is 11.3 Å². The van der Waals surface area contributed by atoms with Gasteiger partial charge in [0.2, 0.25) is 10.1 Å². The molecule has 0 spiro atoms. The molecule has 0 amide bonds. The first-order chi connectivity index (χ1) is 9.78. The summed E-state index contributed by atoms with van der Waals surface area (Å²) in [6, 6.07) is 0. The van der Waals surface area contributed by atoms with E-state index < -0.39 is 0 Å². The smallest absolute Gasteiger partial charge is 0.214 e. The second kappa shape index (κ2) is 4.59. The van der Waals surface area contributed by atoms with Gasteiger partial charge >= 0.3 is 0 Å². The summed E-state index contributed by atoms with van der Waals surface area (Å²) in [7, 11) is 0. The van der Waals surface area contributed by atoms with Crippen LogP contribution < -0.4 is 5.32 Å². The van der Waals surface area contributed by atoms with Crippen LogP contribution in [0.5, 0.6) is 0 Å². The van der Waals surface area contributed by atoms with Gasteiger partial charge in [-0.05, 0) is 19.3 Å². The molecule has 1 atom stereocenters. The number of nitrogens with one attached hydrogen (secondary N) is 1. The fourth-order valence-corrected chi connectivity index (χ4v) is 3.55. The summed E-state index contributed by atoms with van der Waals surface area (Å²) in [6.07, 6.45) is 8.17. The molecule has 1 aliphatic heterocycles. The normalized spacial score (nSPS) is 18.4. The molecule has 0 saturated carbocycles. The first kappa shape index (κ1) is 11.9. The van der Waals surface area contributed by atoms with Crippen molar-refractivity contribution in [2.24, 2.45) is 5.92 Å². The van der Waals surface area contributed by atoms with E-state index >= 15 is 0 Å². The fraction of sp³-hybridized carbons (Fsp3) is 0.462. The molecule has 104 valence electrons. The average Bonchev–Trinajstić information content (AvgIpc) is 3.09. The Balaban J connectivity index is 1.42. The minimum Gasteiger partial charge on any atom is -0.360 e. The first-order valence-corrected chi connectivity index (χ1v) is 7.66. The van der Waals surface area contributed by atoms with E-state index in [9.17, 15) is 0 Å². The van der Waals surface area contributed by atoms with Gasteiger partial charge in [0.05, 0.1) is 11.9 Å². The van der Waals surface area contributed by atoms with Crippen LogP contribution in [0, 0.1) is 12.8 Å². The Bertz CT molecular complexity index is 708. The van der Waals surface area contributed by atoms with E-state index in [0.717, 1.165) is 35.3 Å². The number of aryl methyl sites for hydroxylation is 2. The number of hydrogen-bond donors (Lipinski definition) is 1. The highest BCUT2D eigenvalue weighted by Crippen LogP contribution is 2.22. The monoisotopic (exact) mass is 288 g/mol. The minimum atomic E-state index is 0.634. The van der Waals surface area contributed by atoms with E-state index in [2.05, 4.69) is 31.1 Å². The maximum atomic E-state index is 4.49. The van der Waals surface area contributed by atoms with Crippen molar-refractivity contribution in [1.82, 2.24) is 24.1 Å². The zero-order chi connectivity index (χ0) is 13.5. The minimum absolute atomic E-state index is 0.634. The second-order valence-electron chi connectivity index (χ2n) is 5.30. The van der Waals surface area contributed by atoms with E-state index in [1.807, 2.05) is 23.8 Å². The van der Waals surface area contributed by atoms with Gasteiger partial charge < -0.3 is 9.88 Å². The second-order valence-corrected chi connectivity index (χ2v) is 6.25. The SMILES string of the molecule is Cc1cn2nc(NCC3CCc4nccn4C3)sc2n1. The third-order valence-electron chi connectivity index (χ3n) is 3.74. The summed E-state index contributed by atoms with van der Waals surface area (Å²) in [4.78, 5) is 9.73. The Hall–Kier alpha value is -1.89. The molecule has 20 heavy (non-hydrogen) atoms. The average molecular weight is 288 g/mol. The highest BCUT2D eigenvalue weighted by molar-refractivity contribution is 7.20. The third-order valence-corrected chi connectivity index (χ3v) is 4.62. The summed E-state index contributed by atoms with van der Waals surface area (Å²) in [5.74, 6) is 1.85. The predicted molar refractivity (Wildman–Crippen MR) is 78.1 cm³/mol. The molecule has 0 bridgehead atoms. The molecule has 4 rings (SSSR count). The molecule has 1 N–H and O–H groups in total. The quantitative estimate of drug-likeness (QED) is 0.800. The van der Waals surface area contributed by atoms with Gasteiger partial charge in [0.15, 0.2) is 0 Å². The van der Waals surface area contributed by atoms with Crippen molar-refractivity contribution in [1.29, 1.82) is 0 Å². The Morgan fingerprint density at radius 3 is 3.35 bits per heavy atom. The lowest BCUT2D eigenvalue weighted by Crippen LogP contribution is -2.25. The molecular weight excluding hydrogens is 272 g/mol. The third kappa shape index (κ3) is 2.07. The fourth-order valence-electron chi connectivity index (χ4n) is 2.72. The van der Waals surface area contributed by atoms with Crippen molar-refractivity contribution < 1.29 is 0 Å². The maximum Gasteiger partial charge on any atom is 0.214 e. The zero-order valence-corrected chi connectivity index (χ0v) is 12.1. The van der Waals surface area contributed by atoms with E-state index in [0.29, 0.717) is 5.92 Å². The van der Waals surface area contributed by atoms with Crippen molar-refractivity contribution in [3.8, 4) is 0 Å². The van der Waals surface area contributed by atoms with Crippen molar-refractivity contribution in [2.75, 3.05) is 11.9 Å². The van der Waals surface area contributed by atoms with Gasteiger partial charge in [0, 0.05) is 31.9 Å². The molecule has 3 aromatic heterocycles. The van der Waals surface area contributed by atoms with E-state index in [1.165, 1.54) is 12.2 Å². The first-order valence-electron chi connectivity index (χ1n) is 6.84. The molecular formula is C13H16N6S. The van der Waals surface area contributed by atoms with Crippen LogP contribution in [0.1, 0.15) is 17.9 Å². The molecule has 3 aromatic rings. The number of imidazole rings is 2. The van der Waals surface area contributed by atoms with Gasteiger partial charge in [-0.3, -0.25) is 0 Å². The van der Waals surface area contributed by atoms with Gasteiger partial charge in [-0.15, -0.1) is 5.10 Å². The topological polar surface area (TPSA) is 60.0 Å². The van der Waals surface area contributed by atoms with Gasteiger partial charge in [-0.2, -0.15) is 0 Å². The van der Waals surface area contributed by atoms with Crippen molar-refractivity contribution in [3.05, 3.63) is 30.1 Å². The number of anilines is 1. The summed E-state index contributed by atoms with van der Waals surface area (Å²) in [6.45, 7) is 3.98. The number of fused-ring (bicyclic) bond motifs is 2. The molecule has 0 radical (unpaired) electrons. The Morgan fingerprint density at radius 2 is 2.45 bits per heavy atom. The van der Waals surface area contributed by atoms with Gasteiger partial charge in [-0.25, -0.2) is 14.5 Å². The molecule has 6 nitrogen and oxygen atoms in total. The molecule has 1 unspecified atom stereocenters. The maximum absolute atomic E-state index is 4.49. The molecule has 4 heterocycles. The van der Waals surface area contributed by atoms with Crippen LogP contribution in [-0.2, 0) is 13.0 Å². The van der Waals surface area contributed by atoms with Crippen molar-refractivity contribution >= 4 is 21.4 Å². The standard InChI is InChI=1S/C13H16N6S/c1-9-7-19-13(16-9)20-12(17-19)15-6-10-2-3-11-14-4-5-18(11)8-10/h4-5,7,10H,2-3,6,8H2,1H3,(H,15,17). The number of hydrogen-bond acceptors (Lipinski definition) is 5. The molecule has 0 fully saturated rings. The van der Waals surface area contributed by atoms with Crippen molar-refractivity contribution in [3.63, 3.8) is 0 Å². The number of rotatable bonds is 3. The lowest BCUT2D eigenvalue weighted by molar-refractivity contribution is 0.381. The molecule has 0 aromatic carbocycles. The molecule has 0 aliphatic carbocycles. The van der Waals surface area contributed by atoms with Crippen LogP contribution >= 0.6 is 11.3 Å². The molecule has 7 heteroatoms. The van der Waals surface area contributed by atoms with Crippen molar-refractivity contribution in [2.45, 2.75) is 26.3 Å². The van der Waals surface area contributed by atoms with Gasteiger partial charge in [0.1, 0.15) is 5.82 Å². The van der Waals surface area contributed by atoms with Crippen LogP contribution in [-0.4, -0.2) is 30.7 Å². The highest BCUT2D eigenvalue weighted by Gasteiger charge is 2.19. The molecule has 0 saturated heterocycles. The zero-order valence-electron chi connectivity index (χ0n) is 11.3. The Labute approximate surface area is 120 Å².